The Kier molecular flexibility index (Phi) is 2.27. The first kappa shape index (κ1) is 10.2. The van der Waals surface area contributed by atoms with E-state index in [2.05, 4.69) is 24.6 Å². The van der Waals surface area contributed by atoms with E-state index < -0.39 is 8.07 Å². The monoisotopic (exact) mass is 217 g/mol. The number of hydrogen-bond acceptors (Lipinski definition) is 1. The molecule has 0 radical (unpaired) electrons. The van der Waals surface area contributed by atoms with Crippen LogP contribution >= 0.6 is 0 Å². The van der Waals surface area contributed by atoms with Gasteiger partial charge < -0.3 is 4.98 Å². The Hall–Kier alpha value is -1.35. The van der Waals surface area contributed by atoms with Crippen molar-refractivity contribution in [2.45, 2.75) is 19.6 Å². The van der Waals surface area contributed by atoms with Crippen molar-refractivity contribution in [1.82, 2.24) is 4.98 Å². The van der Waals surface area contributed by atoms with Gasteiger partial charge in [-0.05, 0) is 17.5 Å². The highest BCUT2D eigenvalue weighted by atomic mass is 28.3. The van der Waals surface area contributed by atoms with Gasteiger partial charge in [0.05, 0.1) is 8.07 Å². The van der Waals surface area contributed by atoms with E-state index in [0.717, 1.165) is 16.1 Å². The molecule has 0 bridgehead atoms. The molecule has 0 aliphatic heterocycles. The Morgan fingerprint density at radius 3 is 2.47 bits per heavy atom. The Morgan fingerprint density at radius 2 is 1.80 bits per heavy atom. The first-order valence-corrected chi connectivity index (χ1v) is 8.61. The minimum absolute atomic E-state index is 0.0767. The van der Waals surface area contributed by atoms with E-state index in [4.69, 9.17) is 0 Å². The summed E-state index contributed by atoms with van der Waals surface area (Å²) in [6, 6.07) is 9.95. The van der Waals surface area contributed by atoms with Gasteiger partial charge in [-0.25, -0.2) is 0 Å². The average Bonchev–Trinajstić information content (AvgIpc) is 2.15. The molecule has 2 rings (SSSR count). The van der Waals surface area contributed by atoms with Crippen molar-refractivity contribution in [3.8, 4) is 0 Å². The molecule has 2 aromatic rings. The zero-order valence-electron chi connectivity index (χ0n) is 9.29. The number of para-hydroxylation sites is 1. The minimum atomic E-state index is -1.54. The predicted octanol–water partition coefficient (Wildman–Crippen LogP) is 2.07. The molecule has 1 aromatic heterocycles. The number of rotatable bonds is 1. The van der Waals surface area contributed by atoms with E-state index in [0.29, 0.717) is 0 Å². The highest BCUT2D eigenvalue weighted by Crippen LogP contribution is 2.09. The summed E-state index contributed by atoms with van der Waals surface area (Å²) in [5.41, 5.74) is 0.998. The number of fused-ring (bicyclic) bond motifs is 1. The van der Waals surface area contributed by atoms with E-state index in [-0.39, 0.29) is 5.56 Å². The maximum absolute atomic E-state index is 11.9. The zero-order chi connectivity index (χ0) is 11.1. The van der Waals surface area contributed by atoms with Crippen LogP contribution in [-0.2, 0) is 0 Å². The summed E-state index contributed by atoms with van der Waals surface area (Å²) in [5.74, 6) is 0. The van der Waals surface area contributed by atoms with Crippen LogP contribution in [0.1, 0.15) is 0 Å². The van der Waals surface area contributed by atoms with Gasteiger partial charge in [-0.1, -0.05) is 37.8 Å². The van der Waals surface area contributed by atoms with Crippen molar-refractivity contribution in [2.24, 2.45) is 0 Å². The van der Waals surface area contributed by atoms with E-state index in [9.17, 15) is 4.79 Å². The molecule has 0 amide bonds. The van der Waals surface area contributed by atoms with Crippen LogP contribution in [0.3, 0.4) is 0 Å². The van der Waals surface area contributed by atoms with Gasteiger partial charge in [0, 0.05) is 10.7 Å². The maximum Gasteiger partial charge on any atom is 0.247 e. The molecule has 0 unspecified atom stereocenters. The van der Waals surface area contributed by atoms with Gasteiger partial charge in [0.2, 0.25) is 5.56 Å². The van der Waals surface area contributed by atoms with Crippen LogP contribution < -0.4 is 10.7 Å². The van der Waals surface area contributed by atoms with Crippen molar-refractivity contribution in [3.05, 3.63) is 40.7 Å². The Bertz CT molecular complexity index is 551. The summed E-state index contributed by atoms with van der Waals surface area (Å²) < 4.78 is 0. The molecule has 3 heteroatoms. The molecule has 0 aliphatic carbocycles. The average molecular weight is 217 g/mol. The highest BCUT2D eigenvalue weighted by Gasteiger charge is 2.20. The SMILES string of the molecule is C[Si](C)(C)c1cc2ccccc2[nH]c1=O. The summed E-state index contributed by atoms with van der Waals surface area (Å²) in [5, 5.41) is 2.09. The van der Waals surface area contributed by atoms with Crippen LogP contribution in [0.15, 0.2) is 35.1 Å². The van der Waals surface area contributed by atoms with Crippen LogP contribution in [0.2, 0.25) is 19.6 Å². The molecule has 15 heavy (non-hydrogen) atoms. The third-order valence-corrected chi connectivity index (χ3v) is 4.55. The zero-order valence-corrected chi connectivity index (χ0v) is 10.3. The molecule has 1 heterocycles. The van der Waals surface area contributed by atoms with Crippen molar-refractivity contribution in [3.63, 3.8) is 0 Å². The van der Waals surface area contributed by atoms with Crippen LogP contribution in [0, 0.1) is 0 Å². The molecule has 0 saturated heterocycles. The minimum Gasteiger partial charge on any atom is -0.322 e. The van der Waals surface area contributed by atoms with E-state index in [1.807, 2.05) is 30.3 Å². The van der Waals surface area contributed by atoms with Crippen LogP contribution in [0.5, 0.6) is 0 Å². The smallest absolute Gasteiger partial charge is 0.247 e. The first-order chi connectivity index (χ1) is 6.98. The lowest BCUT2D eigenvalue weighted by molar-refractivity contribution is 1.32. The third kappa shape index (κ3) is 1.88. The van der Waals surface area contributed by atoms with Crippen molar-refractivity contribution < 1.29 is 0 Å². The van der Waals surface area contributed by atoms with Gasteiger partial charge >= 0.3 is 0 Å². The lowest BCUT2D eigenvalue weighted by Gasteiger charge is -2.15. The fourth-order valence-corrected chi connectivity index (χ4v) is 3.04. The summed E-state index contributed by atoms with van der Waals surface area (Å²) >= 11 is 0. The lowest BCUT2D eigenvalue weighted by atomic mass is 10.2. The van der Waals surface area contributed by atoms with Gasteiger partial charge in [0.25, 0.3) is 0 Å². The number of aromatic amines is 1. The topological polar surface area (TPSA) is 32.9 Å². The molecule has 0 saturated carbocycles. The molecule has 78 valence electrons. The fourth-order valence-electron chi connectivity index (χ4n) is 1.70. The first-order valence-electron chi connectivity index (χ1n) is 5.11. The standard InChI is InChI=1S/C12H15NOSi/c1-15(2,3)11-8-9-6-4-5-7-10(9)13-12(11)14/h4-8H,1-3H3,(H,13,14). The molecule has 0 atom stereocenters. The predicted molar refractivity (Wildman–Crippen MR) is 67.5 cm³/mol. The Morgan fingerprint density at radius 1 is 1.13 bits per heavy atom. The van der Waals surface area contributed by atoms with E-state index >= 15 is 0 Å². The second-order valence-corrected chi connectivity index (χ2v) is 9.89. The van der Waals surface area contributed by atoms with Crippen LogP contribution in [-0.4, -0.2) is 13.1 Å². The Labute approximate surface area is 90.0 Å². The van der Waals surface area contributed by atoms with Gasteiger partial charge in [0.15, 0.2) is 0 Å². The number of nitrogens with one attached hydrogen (secondary N) is 1. The van der Waals surface area contributed by atoms with Gasteiger partial charge in [-0.15, -0.1) is 0 Å². The largest absolute Gasteiger partial charge is 0.322 e. The Balaban J connectivity index is 2.79. The lowest BCUT2D eigenvalue weighted by Crippen LogP contribution is -2.47. The van der Waals surface area contributed by atoms with Gasteiger partial charge in [-0.3, -0.25) is 4.79 Å². The summed E-state index contributed by atoms with van der Waals surface area (Å²) in [6.07, 6.45) is 0. The molecule has 0 fully saturated rings. The molecule has 0 spiro atoms. The normalized spacial score (nSPS) is 11.9. The maximum atomic E-state index is 11.9. The van der Waals surface area contributed by atoms with E-state index in [1.165, 1.54) is 0 Å². The van der Waals surface area contributed by atoms with Gasteiger partial charge in [0.1, 0.15) is 0 Å². The third-order valence-electron chi connectivity index (χ3n) is 2.56. The van der Waals surface area contributed by atoms with Crippen LogP contribution in [0.25, 0.3) is 10.9 Å². The molecular weight excluding hydrogens is 202 g/mol. The van der Waals surface area contributed by atoms with Crippen molar-refractivity contribution >= 4 is 24.2 Å². The van der Waals surface area contributed by atoms with Crippen molar-refractivity contribution in [1.29, 1.82) is 0 Å². The number of pyridine rings is 1. The molecule has 0 aliphatic rings. The van der Waals surface area contributed by atoms with E-state index in [1.54, 1.807) is 0 Å². The summed E-state index contributed by atoms with van der Waals surface area (Å²) in [4.78, 5) is 14.8. The molecule has 2 nitrogen and oxygen atoms in total. The summed E-state index contributed by atoms with van der Waals surface area (Å²) in [7, 11) is -1.54. The van der Waals surface area contributed by atoms with Crippen LogP contribution in [0.4, 0.5) is 0 Å². The number of aromatic nitrogens is 1. The fraction of sp³-hybridized carbons (Fsp3) is 0.250. The van der Waals surface area contributed by atoms with Crippen molar-refractivity contribution in [2.75, 3.05) is 0 Å². The number of hydrogen-bond donors (Lipinski definition) is 1. The second-order valence-electron chi connectivity index (χ2n) is 4.85. The molecular formula is C12H15NOSi. The summed E-state index contributed by atoms with van der Waals surface area (Å²) in [6.45, 7) is 6.56. The number of benzene rings is 1. The molecule has 1 N–H and O–H groups in total. The number of H-pyrrole nitrogens is 1. The second kappa shape index (κ2) is 3.34. The molecule has 1 aromatic carbocycles. The quantitative estimate of drug-likeness (QED) is 0.729. The highest BCUT2D eigenvalue weighted by molar-refractivity contribution is 6.88. The van der Waals surface area contributed by atoms with Gasteiger partial charge in [-0.2, -0.15) is 0 Å².